The van der Waals surface area contributed by atoms with Crippen molar-refractivity contribution in [3.63, 3.8) is 0 Å². The molecule has 0 bridgehead atoms. The molecule has 6 nitrogen and oxygen atoms in total. The summed E-state index contributed by atoms with van der Waals surface area (Å²) < 4.78 is 63.0. The number of nitrogens with one attached hydrogen (secondary N) is 1. The van der Waals surface area contributed by atoms with E-state index in [-0.39, 0.29) is 18.1 Å². The number of carbonyl (C=O) groups excluding carboxylic acids is 1. The number of amides is 1. The zero-order chi connectivity index (χ0) is 19.6. The van der Waals surface area contributed by atoms with Crippen LogP contribution < -0.4 is 5.32 Å². The second-order valence-electron chi connectivity index (χ2n) is 5.37. The van der Waals surface area contributed by atoms with Gasteiger partial charge in [0, 0.05) is 0 Å². The summed E-state index contributed by atoms with van der Waals surface area (Å²) in [5, 5.41) is 5.19. The van der Waals surface area contributed by atoms with Gasteiger partial charge in [0.15, 0.2) is 5.76 Å². The molecule has 0 atom stereocenters. The third kappa shape index (κ3) is 4.16. The highest BCUT2D eigenvalue weighted by Crippen LogP contribution is 2.35. The van der Waals surface area contributed by atoms with Crippen molar-refractivity contribution in [2.24, 2.45) is 0 Å². The van der Waals surface area contributed by atoms with Crippen molar-refractivity contribution in [1.29, 1.82) is 0 Å². The number of hydrogen-bond acceptors (Lipinski definition) is 4. The van der Waals surface area contributed by atoms with E-state index in [1.807, 2.05) is 0 Å². The topological polar surface area (TPSA) is 73.2 Å². The van der Waals surface area contributed by atoms with Crippen molar-refractivity contribution in [3.8, 4) is 0 Å². The van der Waals surface area contributed by atoms with Gasteiger partial charge in [-0.1, -0.05) is 11.6 Å². The summed E-state index contributed by atoms with van der Waals surface area (Å²) in [5.41, 5.74) is -1.78. The first-order valence-corrected chi connectivity index (χ1v) is 7.96. The van der Waals surface area contributed by atoms with E-state index in [1.54, 1.807) is 12.1 Å². The molecule has 0 spiro atoms. The molecule has 27 heavy (non-hydrogen) atoms. The Morgan fingerprint density at radius 3 is 2.59 bits per heavy atom. The van der Waals surface area contributed by atoms with E-state index in [1.165, 1.54) is 18.4 Å². The Labute approximate surface area is 154 Å². The molecule has 0 aromatic carbocycles. The molecule has 0 unspecified atom stereocenters. The number of aromatic nitrogens is 2. The second-order valence-corrected chi connectivity index (χ2v) is 5.75. The van der Waals surface area contributed by atoms with Crippen molar-refractivity contribution >= 4 is 17.5 Å². The average molecular weight is 406 g/mol. The van der Waals surface area contributed by atoms with Gasteiger partial charge in [-0.3, -0.25) is 9.48 Å². The zero-order valence-corrected chi connectivity index (χ0v) is 14.2. The van der Waals surface area contributed by atoms with E-state index in [0.29, 0.717) is 10.4 Å². The summed E-state index contributed by atoms with van der Waals surface area (Å²) in [6, 6.07) is 6.01. The predicted molar refractivity (Wildman–Crippen MR) is 84.8 cm³/mol. The Kier molecular flexibility index (Phi) is 5.54. The first kappa shape index (κ1) is 19.0. The Bertz CT molecular complexity index is 922. The van der Waals surface area contributed by atoms with Gasteiger partial charge in [-0.2, -0.15) is 5.10 Å². The molecule has 3 aromatic heterocycles. The number of rotatable bonds is 7. The molecule has 0 saturated carbocycles. The fraction of sp³-hybridized carbons (Fsp3) is 0.250. The number of furan rings is 2. The molecule has 0 aliphatic rings. The van der Waals surface area contributed by atoms with Crippen LogP contribution in [0.25, 0.3) is 0 Å². The molecule has 0 radical (unpaired) electrons. The van der Waals surface area contributed by atoms with Gasteiger partial charge in [0.1, 0.15) is 22.9 Å². The van der Waals surface area contributed by atoms with Crippen LogP contribution in [-0.2, 0) is 13.1 Å². The molecule has 1 amide bonds. The average Bonchev–Trinajstić information content (AvgIpc) is 3.33. The number of hydrogen-bond donors (Lipinski definition) is 1. The maximum absolute atomic E-state index is 13.1. The lowest BCUT2D eigenvalue weighted by molar-refractivity contribution is 0.0917. The maximum Gasteiger partial charge on any atom is 0.287 e. The van der Waals surface area contributed by atoms with E-state index in [9.17, 15) is 22.4 Å². The van der Waals surface area contributed by atoms with Gasteiger partial charge in [0.2, 0.25) is 0 Å². The van der Waals surface area contributed by atoms with Crippen LogP contribution in [0, 0.1) is 0 Å². The molecule has 3 heterocycles. The summed E-state index contributed by atoms with van der Waals surface area (Å²) in [7, 11) is 0. The molecule has 3 rings (SSSR count). The summed E-state index contributed by atoms with van der Waals surface area (Å²) >= 11 is 5.58. The molecule has 11 heteroatoms. The van der Waals surface area contributed by atoms with Gasteiger partial charge in [-0.15, -0.1) is 0 Å². The quantitative estimate of drug-likeness (QED) is 0.584. The van der Waals surface area contributed by atoms with Crippen LogP contribution in [0.1, 0.15) is 46.3 Å². The van der Waals surface area contributed by atoms with Gasteiger partial charge in [-0.05, 0) is 24.3 Å². The third-order valence-electron chi connectivity index (χ3n) is 3.56. The minimum absolute atomic E-state index is 0.0695. The van der Waals surface area contributed by atoms with Crippen molar-refractivity contribution in [2.45, 2.75) is 25.9 Å². The number of nitrogens with zero attached hydrogens (tertiary/aromatic N) is 2. The van der Waals surface area contributed by atoms with Crippen LogP contribution in [0.4, 0.5) is 17.6 Å². The number of alkyl halides is 4. The van der Waals surface area contributed by atoms with Gasteiger partial charge in [-0.25, -0.2) is 17.6 Å². The summed E-state index contributed by atoms with van der Waals surface area (Å²) in [4.78, 5) is 12.0. The van der Waals surface area contributed by atoms with E-state index >= 15 is 0 Å². The molecule has 0 saturated heterocycles. The Morgan fingerprint density at radius 1 is 1.19 bits per heavy atom. The molecular weight excluding hydrogens is 394 g/mol. The minimum atomic E-state index is -3.11. The first-order chi connectivity index (χ1) is 12.9. The van der Waals surface area contributed by atoms with Crippen LogP contribution in [0.5, 0.6) is 0 Å². The van der Waals surface area contributed by atoms with Gasteiger partial charge in [0.25, 0.3) is 18.8 Å². The lowest BCUT2D eigenvalue weighted by Gasteiger charge is -2.05. The Morgan fingerprint density at radius 2 is 1.96 bits per heavy atom. The smallest absolute Gasteiger partial charge is 0.287 e. The molecule has 3 aromatic rings. The SMILES string of the molecule is O=C(NCc1ccco1)c1ccc(Cn2nc(C(F)F)c(Cl)c2C(F)F)o1. The first-order valence-electron chi connectivity index (χ1n) is 7.58. The highest BCUT2D eigenvalue weighted by molar-refractivity contribution is 6.32. The summed E-state index contributed by atoms with van der Waals surface area (Å²) in [6.45, 7) is -0.262. The Hall–Kier alpha value is -2.75. The zero-order valence-electron chi connectivity index (χ0n) is 13.5. The van der Waals surface area contributed by atoms with Crippen molar-refractivity contribution in [2.75, 3.05) is 0 Å². The van der Waals surface area contributed by atoms with E-state index in [4.69, 9.17) is 20.4 Å². The lowest BCUT2D eigenvalue weighted by atomic mass is 10.3. The van der Waals surface area contributed by atoms with Gasteiger partial charge >= 0.3 is 0 Å². The van der Waals surface area contributed by atoms with Crippen LogP contribution in [0.2, 0.25) is 5.02 Å². The molecule has 0 aliphatic heterocycles. The van der Waals surface area contributed by atoms with Crippen molar-refractivity contribution in [1.82, 2.24) is 15.1 Å². The fourth-order valence-electron chi connectivity index (χ4n) is 2.34. The molecular formula is C16H12ClF4N3O3. The Balaban J connectivity index is 1.74. The molecule has 0 fully saturated rings. The highest BCUT2D eigenvalue weighted by atomic mass is 35.5. The van der Waals surface area contributed by atoms with Crippen molar-refractivity contribution in [3.05, 3.63) is 64.2 Å². The second kappa shape index (κ2) is 7.87. The largest absolute Gasteiger partial charge is 0.467 e. The fourth-order valence-corrected chi connectivity index (χ4v) is 2.64. The van der Waals surface area contributed by atoms with E-state index in [2.05, 4.69) is 10.4 Å². The van der Waals surface area contributed by atoms with Crippen LogP contribution in [0.3, 0.4) is 0 Å². The monoisotopic (exact) mass is 405 g/mol. The molecule has 0 aliphatic carbocycles. The third-order valence-corrected chi connectivity index (χ3v) is 3.95. The molecule has 144 valence electrons. The van der Waals surface area contributed by atoms with Gasteiger partial charge < -0.3 is 14.2 Å². The van der Waals surface area contributed by atoms with Crippen LogP contribution in [0.15, 0.2) is 39.4 Å². The predicted octanol–water partition coefficient (Wildman–Crippen LogP) is 4.58. The van der Waals surface area contributed by atoms with Crippen LogP contribution in [-0.4, -0.2) is 15.7 Å². The normalized spacial score (nSPS) is 11.5. The number of carbonyl (C=O) groups is 1. The lowest BCUT2D eigenvalue weighted by Crippen LogP contribution is -2.21. The van der Waals surface area contributed by atoms with Crippen LogP contribution >= 0.6 is 11.6 Å². The minimum Gasteiger partial charge on any atom is -0.467 e. The summed E-state index contributed by atoms with van der Waals surface area (Å²) in [6.07, 6.45) is -4.75. The molecule has 1 N–H and O–H groups in total. The standard InChI is InChI=1S/C16H12ClF4N3O3/c17-11-12(14(18)19)23-24(13(11)15(20)21)7-9-3-4-10(27-9)16(25)22-6-8-2-1-5-26-8/h1-5,14-15H,6-7H2,(H,22,25). The highest BCUT2D eigenvalue weighted by Gasteiger charge is 2.28. The van der Waals surface area contributed by atoms with E-state index < -0.39 is 41.7 Å². The van der Waals surface area contributed by atoms with Gasteiger partial charge in [0.05, 0.1) is 24.4 Å². The van der Waals surface area contributed by atoms with Crippen molar-refractivity contribution < 1.29 is 31.2 Å². The maximum atomic E-state index is 13.1. The number of halogens is 5. The van der Waals surface area contributed by atoms with E-state index in [0.717, 1.165) is 0 Å². The summed E-state index contributed by atoms with van der Waals surface area (Å²) in [5.74, 6) is -0.0385.